The molecule has 1 aliphatic rings. The Bertz CT molecular complexity index is 844. The van der Waals surface area contributed by atoms with E-state index in [0.29, 0.717) is 5.56 Å². The van der Waals surface area contributed by atoms with E-state index in [1.807, 2.05) is 11.1 Å². The van der Waals surface area contributed by atoms with Crippen LogP contribution in [0.2, 0.25) is 0 Å². The van der Waals surface area contributed by atoms with Gasteiger partial charge in [0, 0.05) is 18.8 Å². The lowest BCUT2D eigenvalue weighted by Gasteiger charge is -2.25. The lowest BCUT2D eigenvalue weighted by atomic mass is 10.2. The molecule has 1 unspecified atom stereocenters. The largest absolute Gasteiger partial charge is 0.372 e. The summed E-state index contributed by atoms with van der Waals surface area (Å²) in [4.78, 5) is 4.24. The maximum atomic E-state index is 13.6. The van der Waals surface area contributed by atoms with Crippen molar-refractivity contribution in [2.45, 2.75) is 59.9 Å². The summed E-state index contributed by atoms with van der Waals surface area (Å²) < 4.78 is 13.6. The number of halogens is 1. The molecule has 1 aliphatic heterocycles. The van der Waals surface area contributed by atoms with Crippen LogP contribution in [-0.4, -0.2) is 30.5 Å². The molecule has 0 saturated carbocycles. The number of para-hydroxylation sites is 1. The van der Waals surface area contributed by atoms with Crippen LogP contribution in [0.4, 0.5) is 15.8 Å². The van der Waals surface area contributed by atoms with Gasteiger partial charge in [-0.05, 0) is 62.9 Å². The Balaban J connectivity index is 0.000000233. The highest BCUT2D eigenvalue weighted by Gasteiger charge is 2.24. The Morgan fingerprint density at radius 3 is 2.23 bits per heavy atom. The summed E-state index contributed by atoms with van der Waals surface area (Å²) in [6.45, 7) is 16.7. The van der Waals surface area contributed by atoms with Gasteiger partial charge in [0.2, 0.25) is 0 Å². The van der Waals surface area contributed by atoms with Crippen molar-refractivity contribution in [2.75, 3.05) is 22.9 Å². The zero-order valence-electron chi connectivity index (χ0n) is 19.7. The van der Waals surface area contributed by atoms with Gasteiger partial charge >= 0.3 is 0 Å². The topological polar surface area (TPSA) is 22.1 Å². The van der Waals surface area contributed by atoms with E-state index in [2.05, 4.69) is 74.6 Å². The van der Waals surface area contributed by atoms with Gasteiger partial charge < -0.3 is 4.90 Å². The van der Waals surface area contributed by atoms with Crippen LogP contribution >= 0.6 is 0 Å². The van der Waals surface area contributed by atoms with Gasteiger partial charge in [0.15, 0.2) is 0 Å². The van der Waals surface area contributed by atoms with E-state index < -0.39 is 0 Å². The summed E-state index contributed by atoms with van der Waals surface area (Å²) in [5.74, 6) is 0.545. The number of aryl methyl sites for hydroxylation is 1. The van der Waals surface area contributed by atoms with Crippen molar-refractivity contribution in [3.8, 4) is 0 Å². The molecule has 0 aromatic heterocycles. The highest BCUT2D eigenvalue weighted by Crippen LogP contribution is 2.27. The van der Waals surface area contributed by atoms with E-state index in [0.717, 1.165) is 31.0 Å². The van der Waals surface area contributed by atoms with Gasteiger partial charge in [0.1, 0.15) is 18.0 Å². The fourth-order valence-corrected chi connectivity index (χ4v) is 3.39. The van der Waals surface area contributed by atoms with E-state index in [-0.39, 0.29) is 11.9 Å². The Hall–Kier alpha value is -2.82. The Morgan fingerprint density at radius 1 is 1.03 bits per heavy atom. The normalized spacial score (nSPS) is 13.8. The van der Waals surface area contributed by atoms with Crippen molar-refractivity contribution in [2.24, 2.45) is 5.10 Å². The van der Waals surface area contributed by atoms with Gasteiger partial charge in [-0.3, -0.25) is 4.90 Å². The zero-order chi connectivity index (χ0) is 22.8. The lowest BCUT2D eigenvalue weighted by Crippen LogP contribution is -2.29. The zero-order valence-corrected chi connectivity index (χ0v) is 19.7. The first-order valence-electron chi connectivity index (χ1n) is 11.3. The van der Waals surface area contributed by atoms with Gasteiger partial charge in [-0.1, -0.05) is 51.6 Å². The maximum absolute atomic E-state index is 13.6. The van der Waals surface area contributed by atoms with Crippen molar-refractivity contribution in [3.63, 3.8) is 0 Å². The molecule has 2 aromatic carbocycles. The molecule has 0 fully saturated rings. The maximum Gasteiger partial charge on any atom is 0.128 e. The van der Waals surface area contributed by atoms with E-state index in [1.54, 1.807) is 24.2 Å². The minimum atomic E-state index is -0.212. The fourth-order valence-electron chi connectivity index (χ4n) is 3.39. The molecule has 0 aliphatic carbocycles. The standard InChI is InChI=1S/C14H18FN3.C12H19N/c1-5-11(3)18-12(4)17(9-16-18)13-7-6-10(2)14(15)8-13;1-3-10-13(11-4-2)12-8-6-5-7-9-12/h6-9,11H,4-5H2,1-3H3;5-9H,3-4,10-11H2,1-2H3. The van der Waals surface area contributed by atoms with Crippen LogP contribution in [0.5, 0.6) is 0 Å². The third-order valence-corrected chi connectivity index (χ3v) is 5.38. The number of hydrogen-bond donors (Lipinski definition) is 0. The molecule has 3 rings (SSSR count). The molecule has 0 N–H and O–H groups in total. The van der Waals surface area contributed by atoms with Crippen LogP contribution in [0.25, 0.3) is 0 Å². The molecular weight excluding hydrogens is 387 g/mol. The van der Waals surface area contributed by atoms with E-state index in [9.17, 15) is 4.39 Å². The van der Waals surface area contributed by atoms with Gasteiger partial charge in [-0.25, -0.2) is 9.40 Å². The molecule has 0 amide bonds. The molecule has 2 aromatic rings. The van der Waals surface area contributed by atoms with Crippen LogP contribution in [0.15, 0.2) is 66.0 Å². The molecular formula is C26H37FN4. The quantitative estimate of drug-likeness (QED) is 0.466. The molecule has 0 radical (unpaired) electrons. The summed E-state index contributed by atoms with van der Waals surface area (Å²) in [6, 6.07) is 16.1. The Labute approximate surface area is 187 Å². The minimum Gasteiger partial charge on any atom is -0.372 e. The second-order valence-electron chi connectivity index (χ2n) is 7.88. The summed E-state index contributed by atoms with van der Waals surface area (Å²) in [5.41, 5.74) is 2.74. The predicted octanol–water partition coefficient (Wildman–Crippen LogP) is 6.78. The molecule has 31 heavy (non-hydrogen) atoms. The van der Waals surface area contributed by atoms with Gasteiger partial charge in [-0.15, -0.1) is 0 Å². The van der Waals surface area contributed by atoms with Gasteiger partial charge in [0.25, 0.3) is 0 Å². The van der Waals surface area contributed by atoms with Crippen molar-refractivity contribution in [1.29, 1.82) is 0 Å². The first-order valence-corrected chi connectivity index (χ1v) is 11.3. The number of nitrogens with zero attached hydrogens (tertiary/aromatic N) is 4. The average molecular weight is 425 g/mol. The smallest absolute Gasteiger partial charge is 0.128 e. The molecule has 1 heterocycles. The second kappa shape index (κ2) is 12.1. The van der Waals surface area contributed by atoms with Gasteiger partial charge in [-0.2, -0.15) is 5.10 Å². The van der Waals surface area contributed by atoms with Crippen LogP contribution in [-0.2, 0) is 0 Å². The number of hydrogen-bond acceptors (Lipinski definition) is 4. The third kappa shape index (κ3) is 6.58. The van der Waals surface area contributed by atoms with Crippen LogP contribution < -0.4 is 9.80 Å². The molecule has 0 spiro atoms. The van der Waals surface area contributed by atoms with Crippen LogP contribution in [0.1, 0.15) is 52.5 Å². The van der Waals surface area contributed by atoms with Crippen molar-refractivity contribution in [3.05, 3.63) is 72.3 Å². The first-order chi connectivity index (χ1) is 14.9. The highest BCUT2D eigenvalue weighted by molar-refractivity contribution is 5.85. The fraction of sp³-hybridized carbons (Fsp3) is 0.423. The summed E-state index contributed by atoms with van der Waals surface area (Å²) in [6.07, 6.45) is 5.09. The van der Waals surface area contributed by atoms with Crippen LogP contribution in [0, 0.1) is 12.7 Å². The van der Waals surface area contributed by atoms with Crippen LogP contribution in [0.3, 0.4) is 0 Å². The minimum absolute atomic E-state index is 0.212. The van der Waals surface area contributed by atoms with E-state index in [1.165, 1.54) is 24.6 Å². The molecule has 1 atom stereocenters. The monoisotopic (exact) mass is 424 g/mol. The van der Waals surface area contributed by atoms with Crippen molar-refractivity contribution in [1.82, 2.24) is 5.01 Å². The predicted molar refractivity (Wildman–Crippen MR) is 132 cm³/mol. The second-order valence-corrected chi connectivity index (χ2v) is 7.88. The summed E-state index contributed by atoms with van der Waals surface area (Å²) in [5, 5.41) is 6.17. The molecule has 0 bridgehead atoms. The highest BCUT2D eigenvalue weighted by atomic mass is 19.1. The average Bonchev–Trinajstić information content (AvgIpc) is 3.17. The van der Waals surface area contributed by atoms with Gasteiger partial charge in [0.05, 0.1) is 11.7 Å². The van der Waals surface area contributed by atoms with E-state index in [4.69, 9.17) is 0 Å². The number of hydrazone groups is 1. The molecule has 0 saturated heterocycles. The third-order valence-electron chi connectivity index (χ3n) is 5.38. The lowest BCUT2D eigenvalue weighted by molar-refractivity contribution is 0.286. The van der Waals surface area contributed by atoms with Crippen molar-refractivity contribution >= 4 is 17.7 Å². The summed E-state index contributed by atoms with van der Waals surface area (Å²) in [7, 11) is 0. The molecule has 5 heteroatoms. The summed E-state index contributed by atoms with van der Waals surface area (Å²) >= 11 is 0. The number of rotatable bonds is 8. The Morgan fingerprint density at radius 2 is 1.68 bits per heavy atom. The molecule has 168 valence electrons. The van der Waals surface area contributed by atoms with E-state index >= 15 is 0 Å². The molecule has 4 nitrogen and oxygen atoms in total. The Kier molecular flexibility index (Phi) is 9.57. The SMILES string of the molecule is C=C1N(c2ccc(C)c(F)c2)C=NN1C(C)CC.CCCN(CCC)c1ccccc1. The number of benzene rings is 2. The first kappa shape index (κ1) is 24.4. The van der Waals surface area contributed by atoms with Crippen molar-refractivity contribution < 1.29 is 4.39 Å². The number of anilines is 2.